The van der Waals surface area contributed by atoms with E-state index in [1.165, 1.54) is 36.6 Å². The summed E-state index contributed by atoms with van der Waals surface area (Å²) in [6.07, 6.45) is 8.74. The van der Waals surface area contributed by atoms with Gasteiger partial charge < -0.3 is 4.57 Å². The molecule has 25 heavy (non-hydrogen) atoms. The van der Waals surface area contributed by atoms with E-state index in [1.54, 1.807) is 6.92 Å². The molecule has 2 aromatic heterocycles. The SMILES string of the molecule is CC(=O)c1ccc2c(C3CCCC3)c(-c3ncc(C)cn3)n(C)c2c1. The number of rotatable bonds is 3. The lowest BCUT2D eigenvalue weighted by Crippen LogP contribution is -2.01. The number of ketones is 1. The van der Waals surface area contributed by atoms with Crippen molar-refractivity contribution in [3.05, 3.63) is 47.3 Å². The first-order valence-electron chi connectivity index (χ1n) is 8.98. The van der Waals surface area contributed by atoms with Crippen LogP contribution in [-0.4, -0.2) is 20.3 Å². The number of aromatic nitrogens is 3. The molecule has 4 nitrogen and oxygen atoms in total. The van der Waals surface area contributed by atoms with Crippen molar-refractivity contribution in [2.24, 2.45) is 7.05 Å². The predicted molar refractivity (Wildman–Crippen MR) is 99.9 cm³/mol. The Labute approximate surface area is 147 Å². The van der Waals surface area contributed by atoms with Gasteiger partial charge in [-0.2, -0.15) is 0 Å². The van der Waals surface area contributed by atoms with Crippen LogP contribution in [-0.2, 0) is 7.05 Å². The molecule has 0 aliphatic heterocycles. The molecule has 4 heteroatoms. The van der Waals surface area contributed by atoms with Crippen LogP contribution >= 0.6 is 0 Å². The second-order valence-corrected chi connectivity index (χ2v) is 7.17. The zero-order valence-corrected chi connectivity index (χ0v) is 15.0. The van der Waals surface area contributed by atoms with E-state index in [4.69, 9.17) is 0 Å². The monoisotopic (exact) mass is 333 g/mol. The number of hydrogen-bond donors (Lipinski definition) is 0. The van der Waals surface area contributed by atoms with Crippen LogP contribution in [0.4, 0.5) is 0 Å². The van der Waals surface area contributed by atoms with E-state index in [9.17, 15) is 4.79 Å². The lowest BCUT2D eigenvalue weighted by Gasteiger charge is -2.12. The third-order valence-electron chi connectivity index (χ3n) is 5.40. The molecule has 0 bridgehead atoms. The van der Waals surface area contributed by atoms with Gasteiger partial charge in [0.15, 0.2) is 11.6 Å². The number of carbonyl (C=O) groups excluding carboxylic acids is 1. The van der Waals surface area contributed by atoms with Crippen molar-refractivity contribution in [1.82, 2.24) is 14.5 Å². The van der Waals surface area contributed by atoms with E-state index in [0.29, 0.717) is 5.92 Å². The Balaban J connectivity index is 2.01. The van der Waals surface area contributed by atoms with Crippen LogP contribution in [0.15, 0.2) is 30.6 Å². The maximum absolute atomic E-state index is 11.8. The molecule has 3 aromatic rings. The van der Waals surface area contributed by atoms with Crippen LogP contribution in [0.2, 0.25) is 0 Å². The van der Waals surface area contributed by atoms with Gasteiger partial charge in [-0.3, -0.25) is 4.79 Å². The van der Waals surface area contributed by atoms with Crippen molar-refractivity contribution in [1.29, 1.82) is 0 Å². The van der Waals surface area contributed by atoms with Gasteiger partial charge in [-0.1, -0.05) is 25.0 Å². The minimum atomic E-state index is 0.0960. The van der Waals surface area contributed by atoms with E-state index in [1.807, 2.05) is 31.5 Å². The van der Waals surface area contributed by atoms with Crippen molar-refractivity contribution >= 4 is 16.7 Å². The van der Waals surface area contributed by atoms with Gasteiger partial charge in [0.2, 0.25) is 0 Å². The first-order chi connectivity index (χ1) is 12.1. The Morgan fingerprint density at radius 3 is 2.48 bits per heavy atom. The third-order valence-corrected chi connectivity index (χ3v) is 5.40. The highest BCUT2D eigenvalue weighted by molar-refractivity contribution is 6.00. The van der Waals surface area contributed by atoms with Crippen LogP contribution < -0.4 is 0 Å². The minimum absolute atomic E-state index is 0.0960. The third kappa shape index (κ3) is 2.66. The number of aryl methyl sites for hydroxylation is 2. The zero-order chi connectivity index (χ0) is 17.6. The highest BCUT2D eigenvalue weighted by Gasteiger charge is 2.27. The largest absolute Gasteiger partial charge is 0.341 e. The molecule has 1 aromatic carbocycles. The maximum Gasteiger partial charge on any atom is 0.176 e. The molecule has 1 saturated carbocycles. The summed E-state index contributed by atoms with van der Waals surface area (Å²) in [5.74, 6) is 1.42. The van der Waals surface area contributed by atoms with E-state index in [0.717, 1.165) is 28.2 Å². The van der Waals surface area contributed by atoms with E-state index in [2.05, 4.69) is 27.6 Å². The summed E-state index contributed by atoms with van der Waals surface area (Å²) >= 11 is 0. The topological polar surface area (TPSA) is 47.8 Å². The lowest BCUT2D eigenvalue weighted by molar-refractivity contribution is 0.101. The molecule has 0 saturated heterocycles. The average Bonchev–Trinajstić information content (AvgIpc) is 3.22. The van der Waals surface area contributed by atoms with Crippen molar-refractivity contribution in [2.45, 2.75) is 45.4 Å². The van der Waals surface area contributed by atoms with E-state index in [-0.39, 0.29) is 5.78 Å². The molecule has 0 amide bonds. The minimum Gasteiger partial charge on any atom is -0.341 e. The maximum atomic E-state index is 11.8. The molecular formula is C21H23N3O. The van der Waals surface area contributed by atoms with Gasteiger partial charge in [-0.25, -0.2) is 9.97 Å². The molecule has 1 aliphatic rings. The first-order valence-corrected chi connectivity index (χ1v) is 8.98. The second kappa shape index (κ2) is 6.10. The lowest BCUT2D eigenvalue weighted by atomic mass is 9.93. The summed E-state index contributed by atoms with van der Waals surface area (Å²) in [5.41, 5.74) is 5.36. The number of hydrogen-bond acceptors (Lipinski definition) is 3. The Hall–Kier alpha value is -2.49. The smallest absolute Gasteiger partial charge is 0.176 e. The Kier molecular flexibility index (Phi) is 3.91. The van der Waals surface area contributed by atoms with Crippen LogP contribution in [0.1, 0.15) is 60.0 Å². The van der Waals surface area contributed by atoms with Gasteiger partial charge >= 0.3 is 0 Å². The van der Waals surface area contributed by atoms with Gasteiger partial charge in [0.1, 0.15) is 0 Å². The summed E-state index contributed by atoms with van der Waals surface area (Å²) < 4.78 is 2.17. The summed E-state index contributed by atoms with van der Waals surface area (Å²) in [6.45, 7) is 3.62. The molecule has 4 rings (SSSR count). The molecule has 2 heterocycles. The second-order valence-electron chi connectivity index (χ2n) is 7.17. The number of Topliss-reactive ketones (excluding diaryl/α,β-unsaturated/α-hetero) is 1. The molecular weight excluding hydrogens is 310 g/mol. The normalized spacial score (nSPS) is 15.2. The van der Waals surface area contributed by atoms with Crippen molar-refractivity contribution in [3.8, 4) is 11.5 Å². The molecule has 0 atom stereocenters. The zero-order valence-electron chi connectivity index (χ0n) is 15.0. The van der Waals surface area contributed by atoms with Gasteiger partial charge in [-0.15, -0.1) is 0 Å². The Morgan fingerprint density at radius 2 is 1.84 bits per heavy atom. The predicted octanol–water partition coefficient (Wildman–Crippen LogP) is 4.80. The van der Waals surface area contributed by atoms with Crippen LogP contribution in [0.3, 0.4) is 0 Å². The van der Waals surface area contributed by atoms with Gasteiger partial charge in [0.25, 0.3) is 0 Å². The van der Waals surface area contributed by atoms with Gasteiger partial charge in [0, 0.05) is 35.9 Å². The molecule has 0 radical (unpaired) electrons. The summed E-state index contributed by atoms with van der Waals surface area (Å²) in [7, 11) is 2.06. The number of benzene rings is 1. The Morgan fingerprint density at radius 1 is 1.16 bits per heavy atom. The van der Waals surface area contributed by atoms with Crippen LogP contribution in [0, 0.1) is 6.92 Å². The molecule has 1 fully saturated rings. The summed E-state index contributed by atoms with van der Waals surface area (Å²) in [6, 6.07) is 6.06. The van der Waals surface area contributed by atoms with Crippen molar-refractivity contribution in [2.75, 3.05) is 0 Å². The van der Waals surface area contributed by atoms with Crippen LogP contribution in [0.25, 0.3) is 22.4 Å². The number of nitrogens with zero attached hydrogens (tertiary/aromatic N) is 3. The van der Waals surface area contributed by atoms with Gasteiger partial charge in [-0.05, 0) is 49.8 Å². The standard InChI is InChI=1S/C21H23N3O/c1-13-11-22-21(23-12-13)20-19(15-6-4-5-7-15)17-9-8-16(14(2)25)10-18(17)24(20)3/h8-12,15H,4-7H2,1-3H3. The summed E-state index contributed by atoms with van der Waals surface area (Å²) in [5, 5.41) is 1.23. The fourth-order valence-corrected chi connectivity index (χ4v) is 4.10. The fraction of sp³-hybridized carbons (Fsp3) is 0.381. The molecule has 0 unspecified atom stereocenters. The Bertz CT molecular complexity index is 947. The quantitative estimate of drug-likeness (QED) is 0.647. The molecule has 0 spiro atoms. The van der Waals surface area contributed by atoms with Gasteiger partial charge in [0.05, 0.1) is 5.69 Å². The number of carbonyl (C=O) groups is 1. The molecule has 0 N–H and O–H groups in total. The highest BCUT2D eigenvalue weighted by Crippen LogP contribution is 2.43. The number of fused-ring (bicyclic) bond motifs is 1. The molecule has 128 valence electrons. The fourth-order valence-electron chi connectivity index (χ4n) is 4.10. The molecule has 1 aliphatic carbocycles. The first kappa shape index (κ1) is 16.0. The highest BCUT2D eigenvalue weighted by atomic mass is 16.1. The van der Waals surface area contributed by atoms with Crippen LogP contribution in [0.5, 0.6) is 0 Å². The van der Waals surface area contributed by atoms with Crippen molar-refractivity contribution < 1.29 is 4.79 Å². The average molecular weight is 333 g/mol. The van der Waals surface area contributed by atoms with E-state index >= 15 is 0 Å². The van der Waals surface area contributed by atoms with E-state index < -0.39 is 0 Å². The summed E-state index contributed by atoms with van der Waals surface area (Å²) in [4.78, 5) is 21.0. The van der Waals surface area contributed by atoms with Crippen molar-refractivity contribution in [3.63, 3.8) is 0 Å².